The molecule has 8 heteroatoms. The van der Waals surface area contributed by atoms with E-state index in [1.807, 2.05) is 0 Å². The van der Waals surface area contributed by atoms with Gasteiger partial charge >= 0.3 is 5.97 Å². The van der Waals surface area contributed by atoms with Crippen LogP contribution in [-0.2, 0) is 20.8 Å². The highest BCUT2D eigenvalue weighted by molar-refractivity contribution is 9.12. The van der Waals surface area contributed by atoms with Crippen LogP contribution >= 0.6 is 43.5 Å². The highest BCUT2D eigenvalue weighted by Gasteiger charge is 2.66. The van der Waals surface area contributed by atoms with E-state index in [-0.39, 0.29) is 51.6 Å². The highest BCUT2D eigenvalue weighted by Crippen LogP contribution is 2.60. The summed E-state index contributed by atoms with van der Waals surface area (Å²) in [5.41, 5.74) is 1.31. The number of imide groups is 1. The number of rotatable bonds is 4. The van der Waals surface area contributed by atoms with Gasteiger partial charge in [0.25, 0.3) is 0 Å². The maximum Gasteiger partial charge on any atom is 0.315 e. The first kappa shape index (κ1) is 21.2. The molecule has 0 spiro atoms. The lowest BCUT2D eigenvalue weighted by molar-refractivity contribution is -0.133. The lowest BCUT2D eigenvalue weighted by atomic mass is 9.81. The van der Waals surface area contributed by atoms with Crippen molar-refractivity contribution >= 4 is 66.9 Å². The van der Waals surface area contributed by atoms with Crippen molar-refractivity contribution in [3.8, 4) is 5.75 Å². The first-order valence-corrected chi connectivity index (χ1v) is 12.3. The predicted molar refractivity (Wildman–Crippen MR) is 124 cm³/mol. The zero-order valence-corrected chi connectivity index (χ0v) is 20.1. The quantitative estimate of drug-likeness (QED) is 0.231. The topological polar surface area (TPSA) is 63.7 Å². The fraction of sp³-hybridized carbons (Fsp3) is 0.348. The van der Waals surface area contributed by atoms with Crippen molar-refractivity contribution in [2.24, 2.45) is 23.7 Å². The van der Waals surface area contributed by atoms with Crippen LogP contribution in [0.25, 0.3) is 0 Å². The Labute approximate surface area is 201 Å². The predicted octanol–water partition coefficient (Wildman–Crippen LogP) is 4.77. The van der Waals surface area contributed by atoms with E-state index in [0.717, 1.165) is 12.0 Å². The average molecular weight is 568 g/mol. The van der Waals surface area contributed by atoms with Crippen molar-refractivity contribution in [3.05, 3.63) is 59.1 Å². The molecule has 5 rings (SSSR count). The number of benzene rings is 2. The van der Waals surface area contributed by atoms with Gasteiger partial charge in [0.2, 0.25) is 11.8 Å². The molecular formula is C23H18Br2ClNO4. The highest BCUT2D eigenvalue weighted by atomic mass is 79.9. The molecule has 1 aliphatic heterocycles. The lowest BCUT2D eigenvalue weighted by Crippen LogP contribution is -2.37. The Balaban J connectivity index is 1.28. The van der Waals surface area contributed by atoms with Gasteiger partial charge in [-0.05, 0) is 60.2 Å². The van der Waals surface area contributed by atoms with Crippen molar-refractivity contribution in [1.82, 2.24) is 0 Å². The Morgan fingerprint density at radius 3 is 2.03 bits per heavy atom. The standard InChI is InChI=1S/C23H18Br2ClNO4/c24-20-15-10-16(21(20)25)19-18(15)22(29)27(23(19)30)13-5-7-14(8-6-13)31-17(28)9-11-1-3-12(26)4-2-11/h1-8,15-16,18-21H,9-10H2. The molecule has 5 nitrogen and oxygen atoms in total. The van der Waals surface area contributed by atoms with Crippen LogP contribution in [-0.4, -0.2) is 27.4 Å². The van der Waals surface area contributed by atoms with Gasteiger partial charge in [0.1, 0.15) is 5.75 Å². The number of carbonyl (C=O) groups excluding carboxylic acids is 3. The normalized spacial score (nSPS) is 31.3. The lowest BCUT2D eigenvalue weighted by Gasteiger charge is -2.28. The zero-order chi connectivity index (χ0) is 21.9. The molecule has 1 heterocycles. The van der Waals surface area contributed by atoms with Crippen molar-refractivity contribution in [2.45, 2.75) is 22.5 Å². The summed E-state index contributed by atoms with van der Waals surface area (Å²) in [6.07, 6.45) is 1.02. The van der Waals surface area contributed by atoms with Crippen LogP contribution in [0, 0.1) is 23.7 Å². The molecule has 2 aromatic carbocycles. The fourth-order valence-corrected chi connectivity index (χ4v) is 7.20. The fourth-order valence-electron chi connectivity index (χ4n) is 5.20. The Bertz CT molecular complexity index is 1030. The number of carbonyl (C=O) groups is 3. The SMILES string of the molecule is O=C(Cc1ccc(Cl)cc1)Oc1ccc(N2C(=O)C3C4CC(C(Br)C4Br)C3C2=O)cc1. The first-order chi connectivity index (χ1) is 14.8. The number of esters is 1. The molecule has 0 aromatic heterocycles. The van der Waals surface area contributed by atoms with Crippen LogP contribution in [0.5, 0.6) is 5.75 Å². The Morgan fingerprint density at radius 1 is 0.935 bits per heavy atom. The molecule has 0 N–H and O–H groups in total. The molecule has 31 heavy (non-hydrogen) atoms. The number of hydrogen-bond acceptors (Lipinski definition) is 4. The second kappa shape index (κ2) is 8.01. The van der Waals surface area contributed by atoms with Crippen LogP contribution in [0.15, 0.2) is 48.5 Å². The van der Waals surface area contributed by atoms with Gasteiger partial charge in [0.05, 0.1) is 23.9 Å². The number of alkyl halides is 2. The largest absolute Gasteiger partial charge is 0.426 e. The maximum absolute atomic E-state index is 13.1. The van der Waals surface area contributed by atoms with Gasteiger partial charge in [-0.15, -0.1) is 0 Å². The number of hydrogen-bond donors (Lipinski definition) is 0. The minimum Gasteiger partial charge on any atom is -0.426 e. The number of fused-ring (bicyclic) bond motifs is 5. The molecule has 6 unspecified atom stereocenters. The molecule has 2 aromatic rings. The van der Waals surface area contributed by atoms with Gasteiger partial charge in [-0.1, -0.05) is 55.6 Å². The molecule has 0 radical (unpaired) electrons. The first-order valence-electron chi connectivity index (χ1n) is 10.1. The summed E-state index contributed by atoms with van der Waals surface area (Å²) >= 11 is 13.3. The maximum atomic E-state index is 13.1. The van der Waals surface area contributed by atoms with Gasteiger partial charge in [0.15, 0.2) is 0 Å². The van der Waals surface area contributed by atoms with Gasteiger partial charge in [-0.2, -0.15) is 0 Å². The Hall–Kier alpha value is -1.70. The summed E-state index contributed by atoms with van der Waals surface area (Å²) in [7, 11) is 0. The van der Waals surface area contributed by atoms with Gasteiger partial charge in [-0.25, -0.2) is 0 Å². The van der Waals surface area contributed by atoms with Crippen molar-refractivity contribution in [2.75, 3.05) is 4.90 Å². The second-order valence-corrected chi connectivity index (χ2v) is 10.8. The molecule has 2 aliphatic carbocycles. The number of nitrogens with zero attached hydrogens (tertiary/aromatic N) is 1. The molecule has 1 saturated heterocycles. The third kappa shape index (κ3) is 3.55. The molecule has 6 atom stereocenters. The van der Waals surface area contributed by atoms with E-state index in [0.29, 0.717) is 16.5 Å². The number of ether oxygens (including phenoxy) is 1. The second-order valence-electron chi connectivity index (χ2n) is 8.29. The van der Waals surface area contributed by atoms with E-state index in [1.54, 1.807) is 48.5 Å². The molecule has 3 fully saturated rings. The summed E-state index contributed by atoms with van der Waals surface area (Å²) in [5, 5.41) is 0.606. The van der Waals surface area contributed by atoms with E-state index in [4.69, 9.17) is 16.3 Å². The Morgan fingerprint density at radius 2 is 1.48 bits per heavy atom. The van der Waals surface area contributed by atoms with E-state index in [1.165, 1.54) is 4.90 Å². The summed E-state index contributed by atoms with van der Waals surface area (Å²) in [4.78, 5) is 40.1. The Kier molecular flexibility index (Phi) is 5.47. The third-order valence-electron chi connectivity index (χ3n) is 6.58. The van der Waals surface area contributed by atoms with Gasteiger partial charge in [0, 0.05) is 14.7 Å². The van der Waals surface area contributed by atoms with Crippen LogP contribution in [0.4, 0.5) is 5.69 Å². The number of halogens is 3. The summed E-state index contributed by atoms with van der Waals surface area (Å²) in [5.74, 6) is -0.454. The van der Waals surface area contributed by atoms with Crippen molar-refractivity contribution in [3.63, 3.8) is 0 Å². The van der Waals surface area contributed by atoms with Crippen molar-refractivity contribution < 1.29 is 19.1 Å². The smallest absolute Gasteiger partial charge is 0.315 e. The van der Waals surface area contributed by atoms with Gasteiger partial charge < -0.3 is 4.74 Å². The molecule has 160 valence electrons. The molecule has 2 bridgehead atoms. The minimum atomic E-state index is -0.402. The van der Waals surface area contributed by atoms with E-state index < -0.39 is 5.97 Å². The zero-order valence-electron chi connectivity index (χ0n) is 16.2. The summed E-state index contributed by atoms with van der Waals surface area (Å²) < 4.78 is 5.39. The molecular weight excluding hydrogens is 550 g/mol. The van der Waals surface area contributed by atoms with Crippen LogP contribution in [0.3, 0.4) is 0 Å². The van der Waals surface area contributed by atoms with Crippen LogP contribution in [0.1, 0.15) is 12.0 Å². The molecule has 3 aliphatic rings. The summed E-state index contributed by atoms with van der Waals surface area (Å²) in [6, 6.07) is 13.5. The van der Waals surface area contributed by atoms with Crippen LogP contribution < -0.4 is 9.64 Å². The molecule has 2 amide bonds. The van der Waals surface area contributed by atoms with Gasteiger partial charge in [-0.3, -0.25) is 19.3 Å². The monoisotopic (exact) mass is 565 g/mol. The minimum absolute atomic E-state index is 0.121. The van der Waals surface area contributed by atoms with Crippen molar-refractivity contribution in [1.29, 1.82) is 0 Å². The van der Waals surface area contributed by atoms with Crippen LogP contribution in [0.2, 0.25) is 5.02 Å². The summed E-state index contributed by atoms with van der Waals surface area (Å²) in [6.45, 7) is 0. The van der Waals surface area contributed by atoms with E-state index in [9.17, 15) is 14.4 Å². The average Bonchev–Trinajstić information content (AvgIpc) is 3.35. The molecule has 2 saturated carbocycles. The van der Waals surface area contributed by atoms with E-state index in [2.05, 4.69) is 31.9 Å². The number of anilines is 1. The third-order valence-corrected chi connectivity index (χ3v) is 10.0. The number of amides is 2. The van der Waals surface area contributed by atoms with E-state index >= 15 is 0 Å².